The van der Waals surface area contributed by atoms with E-state index in [4.69, 9.17) is 12.2 Å². The van der Waals surface area contributed by atoms with Crippen LogP contribution in [0.1, 0.15) is 11.4 Å². The van der Waals surface area contributed by atoms with E-state index >= 15 is 0 Å². The van der Waals surface area contributed by atoms with Crippen molar-refractivity contribution in [2.45, 2.75) is 0 Å². The van der Waals surface area contributed by atoms with Gasteiger partial charge < -0.3 is 0 Å². The van der Waals surface area contributed by atoms with Crippen LogP contribution in [0.2, 0.25) is 0 Å². The van der Waals surface area contributed by atoms with E-state index in [2.05, 4.69) is 33.1 Å². The fourth-order valence-corrected chi connectivity index (χ4v) is 1.45. The van der Waals surface area contributed by atoms with Crippen molar-refractivity contribution in [2.75, 3.05) is 0 Å². The molecule has 1 N–H and O–H groups in total. The molecule has 0 saturated carbocycles. The number of thiocarbonyl (C=S) groups is 1. The number of hydrogen-bond acceptors (Lipinski definition) is 4. The lowest BCUT2D eigenvalue weighted by atomic mass is 10.1. The zero-order valence-electron chi connectivity index (χ0n) is 9.32. The Hall–Kier alpha value is -1.79. The summed E-state index contributed by atoms with van der Waals surface area (Å²) in [5.41, 5.74) is 4.70. The van der Waals surface area contributed by atoms with Crippen LogP contribution in [0.15, 0.2) is 53.9 Å². The summed E-state index contributed by atoms with van der Waals surface area (Å²) in [6.45, 7) is 0. The van der Waals surface area contributed by atoms with E-state index < -0.39 is 0 Å². The van der Waals surface area contributed by atoms with Crippen LogP contribution in [-0.2, 0) is 0 Å². The van der Waals surface area contributed by atoms with Crippen LogP contribution < -0.4 is 5.43 Å². The number of nitrogens with one attached hydrogen (secondary N) is 1. The van der Waals surface area contributed by atoms with Gasteiger partial charge in [-0.05, 0) is 24.3 Å². The van der Waals surface area contributed by atoms with Gasteiger partial charge in [-0.3, -0.25) is 15.4 Å². The first-order valence-electron chi connectivity index (χ1n) is 5.17. The fourth-order valence-electron chi connectivity index (χ4n) is 1.36. The van der Waals surface area contributed by atoms with Crippen LogP contribution in [0.4, 0.5) is 0 Å². The number of hydrogen-bond donors (Lipinski definition) is 2. The third kappa shape index (κ3) is 3.35. The molecule has 2 aromatic heterocycles. The second kappa shape index (κ2) is 6.23. The van der Waals surface area contributed by atoms with E-state index in [9.17, 15) is 0 Å². The summed E-state index contributed by atoms with van der Waals surface area (Å²) in [4.78, 5) is 8.51. The average molecular weight is 274 g/mol. The second-order valence-corrected chi connectivity index (χ2v) is 4.47. The standard InChI is InChI=1S/C12H10N4S2/c17-12(18)16-15-11(9-5-1-3-7-13-9)10-6-2-4-8-14-10/h1-8H,(H2,16,17,18). The summed E-state index contributed by atoms with van der Waals surface area (Å²) >= 11 is 8.79. The summed E-state index contributed by atoms with van der Waals surface area (Å²) in [6.07, 6.45) is 3.40. The van der Waals surface area contributed by atoms with Crippen molar-refractivity contribution in [3.05, 3.63) is 60.2 Å². The molecule has 0 aliphatic rings. The van der Waals surface area contributed by atoms with E-state index in [1.54, 1.807) is 12.4 Å². The lowest BCUT2D eigenvalue weighted by Crippen LogP contribution is -2.16. The molecule has 0 aliphatic heterocycles. The molecule has 0 atom stereocenters. The van der Waals surface area contributed by atoms with Gasteiger partial charge in [-0.25, -0.2) is 0 Å². The van der Waals surface area contributed by atoms with Gasteiger partial charge in [0.2, 0.25) is 0 Å². The molecule has 6 heteroatoms. The molecule has 0 spiro atoms. The molecule has 0 fully saturated rings. The van der Waals surface area contributed by atoms with E-state index in [-0.39, 0.29) is 0 Å². The Kier molecular flexibility index (Phi) is 4.38. The minimum atomic E-state index is 0.291. The molecule has 0 saturated heterocycles. The van der Waals surface area contributed by atoms with Gasteiger partial charge in [-0.2, -0.15) is 5.10 Å². The average Bonchev–Trinajstić information content (AvgIpc) is 2.41. The summed E-state index contributed by atoms with van der Waals surface area (Å²) in [7, 11) is 0. The number of pyridine rings is 2. The Bertz CT molecular complexity index is 513. The van der Waals surface area contributed by atoms with Gasteiger partial charge in [-0.15, -0.1) is 12.6 Å². The highest BCUT2D eigenvalue weighted by Crippen LogP contribution is 2.05. The first kappa shape index (κ1) is 12.7. The monoisotopic (exact) mass is 274 g/mol. The maximum atomic E-state index is 4.82. The first-order valence-corrected chi connectivity index (χ1v) is 6.02. The van der Waals surface area contributed by atoms with Crippen molar-refractivity contribution in [3.63, 3.8) is 0 Å². The lowest BCUT2D eigenvalue weighted by Gasteiger charge is -2.05. The van der Waals surface area contributed by atoms with E-state index in [1.807, 2.05) is 36.4 Å². The maximum absolute atomic E-state index is 4.82. The van der Waals surface area contributed by atoms with Gasteiger partial charge in [0.25, 0.3) is 0 Å². The highest BCUT2D eigenvalue weighted by atomic mass is 32.1. The normalized spacial score (nSPS) is 9.61. The van der Waals surface area contributed by atoms with E-state index in [0.29, 0.717) is 21.4 Å². The van der Waals surface area contributed by atoms with Crippen molar-refractivity contribution in [3.8, 4) is 0 Å². The van der Waals surface area contributed by atoms with Crippen LogP contribution in [0, 0.1) is 0 Å². The molecule has 90 valence electrons. The van der Waals surface area contributed by atoms with Gasteiger partial charge in [0.05, 0.1) is 11.4 Å². The van der Waals surface area contributed by atoms with E-state index in [1.165, 1.54) is 0 Å². The summed E-state index contributed by atoms with van der Waals surface area (Å²) in [5.74, 6) is 0. The third-order valence-electron chi connectivity index (χ3n) is 2.08. The lowest BCUT2D eigenvalue weighted by molar-refractivity contribution is 1.05. The van der Waals surface area contributed by atoms with Gasteiger partial charge in [0, 0.05) is 12.4 Å². The molecule has 0 bridgehead atoms. The van der Waals surface area contributed by atoms with E-state index in [0.717, 1.165) is 0 Å². The van der Waals surface area contributed by atoms with Crippen LogP contribution in [0.25, 0.3) is 0 Å². The summed E-state index contributed by atoms with van der Waals surface area (Å²) in [5, 5.41) is 4.19. The maximum Gasteiger partial charge on any atom is 0.150 e. The number of nitrogens with zero attached hydrogens (tertiary/aromatic N) is 3. The van der Waals surface area contributed by atoms with Gasteiger partial charge >= 0.3 is 0 Å². The minimum absolute atomic E-state index is 0.291. The molecule has 2 heterocycles. The molecular weight excluding hydrogens is 264 g/mol. The molecule has 2 aromatic rings. The Balaban J connectivity index is 2.42. The zero-order chi connectivity index (χ0) is 12.8. The molecule has 18 heavy (non-hydrogen) atoms. The van der Waals surface area contributed by atoms with Crippen LogP contribution in [0.3, 0.4) is 0 Å². The van der Waals surface area contributed by atoms with Gasteiger partial charge in [-0.1, -0.05) is 24.4 Å². The first-order chi connectivity index (χ1) is 8.77. The highest BCUT2D eigenvalue weighted by Gasteiger charge is 2.09. The Morgan fingerprint density at radius 3 is 2.00 bits per heavy atom. The SMILES string of the molecule is S=C(S)NN=C(c1ccccn1)c1ccccn1. The number of rotatable bonds is 3. The Labute approximate surface area is 116 Å². The molecule has 0 unspecified atom stereocenters. The predicted molar refractivity (Wildman–Crippen MR) is 78.8 cm³/mol. The van der Waals surface area contributed by atoms with Crippen molar-refractivity contribution in [1.29, 1.82) is 0 Å². The largest absolute Gasteiger partial charge is 0.262 e. The minimum Gasteiger partial charge on any atom is -0.262 e. The fraction of sp³-hybridized carbons (Fsp3) is 0. The van der Waals surface area contributed by atoms with Gasteiger partial charge in [0.1, 0.15) is 5.71 Å². The van der Waals surface area contributed by atoms with Crippen molar-refractivity contribution < 1.29 is 0 Å². The smallest absolute Gasteiger partial charge is 0.150 e. The predicted octanol–water partition coefficient (Wildman–Crippen LogP) is 2.03. The molecular formula is C12H10N4S2. The van der Waals surface area contributed by atoms with Crippen LogP contribution in [-0.4, -0.2) is 20.0 Å². The highest BCUT2D eigenvalue weighted by molar-refractivity contribution is 8.11. The Morgan fingerprint density at radius 2 is 1.61 bits per heavy atom. The van der Waals surface area contributed by atoms with Crippen LogP contribution >= 0.6 is 24.8 Å². The second-order valence-electron chi connectivity index (χ2n) is 3.31. The number of aromatic nitrogens is 2. The molecule has 0 radical (unpaired) electrons. The van der Waals surface area contributed by atoms with Crippen molar-refractivity contribution in [1.82, 2.24) is 15.4 Å². The van der Waals surface area contributed by atoms with Crippen molar-refractivity contribution >= 4 is 34.9 Å². The number of hydrazone groups is 1. The molecule has 2 rings (SSSR count). The number of thiol groups is 1. The van der Waals surface area contributed by atoms with Crippen molar-refractivity contribution in [2.24, 2.45) is 5.10 Å². The molecule has 0 amide bonds. The quantitative estimate of drug-likeness (QED) is 0.389. The van der Waals surface area contributed by atoms with Gasteiger partial charge in [0.15, 0.2) is 4.32 Å². The molecule has 4 nitrogen and oxygen atoms in total. The zero-order valence-corrected chi connectivity index (χ0v) is 11.0. The topological polar surface area (TPSA) is 50.2 Å². The Morgan fingerprint density at radius 1 is 1.06 bits per heavy atom. The summed E-state index contributed by atoms with van der Waals surface area (Å²) in [6, 6.07) is 11.2. The third-order valence-corrected chi connectivity index (χ3v) is 2.27. The molecule has 0 aliphatic carbocycles. The molecule has 0 aromatic carbocycles. The van der Waals surface area contributed by atoms with Crippen LogP contribution in [0.5, 0.6) is 0 Å². The summed E-state index contributed by atoms with van der Waals surface area (Å²) < 4.78 is 0.291.